The fraction of sp³-hybridized carbons (Fsp3) is 0.208. The number of nitrogens with two attached hydrogens (primary N) is 1. The van der Waals surface area contributed by atoms with E-state index in [1.54, 1.807) is 0 Å². The zero-order valence-electron chi connectivity index (χ0n) is 16.4. The lowest BCUT2D eigenvalue weighted by molar-refractivity contribution is -0.137. The predicted octanol–water partition coefficient (Wildman–Crippen LogP) is 4.83. The number of amides is 1. The average molecular weight is 426 g/mol. The standard InChI is InChI=1S/C24H18F4N2O/c25-20-10-19(23(29)31)18-9-13-8-14(24(26,27)28)4-5-16(13)21(18)22(20)17-3-1-2-12-11-30-7-6-15(12)17/h1-5,8,10,30H,6-7,9,11H2,(H2,29,31). The van der Waals surface area contributed by atoms with Gasteiger partial charge in [0.1, 0.15) is 5.82 Å². The normalized spacial score (nSPS) is 14.7. The molecule has 3 aromatic carbocycles. The highest BCUT2D eigenvalue weighted by atomic mass is 19.4. The van der Waals surface area contributed by atoms with Gasteiger partial charge in [0.15, 0.2) is 0 Å². The average Bonchev–Trinajstić information content (AvgIpc) is 3.11. The first-order chi connectivity index (χ1) is 14.8. The van der Waals surface area contributed by atoms with Gasteiger partial charge in [-0.15, -0.1) is 0 Å². The molecule has 158 valence electrons. The van der Waals surface area contributed by atoms with E-state index >= 15 is 4.39 Å². The molecule has 2 aliphatic rings. The van der Waals surface area contributed by atoms with Gasteiger partial charge in [0.2, 0.25) is 5.91 Å². The second-order valence-electron chi connectivity index (χ2n) is 7.92. The minimum absolute atomic E-state index is 0.00692. The Morgan fingerprint density at radius 1 is 0.968 bits per heavy atom. The van der Waals surface area contributed by atoms with E-state index in [2.05, 4.69) is 5.32 Å². The molecule has 3 aromatic rings. The Hall–Kier alpha value is -3.19. The number of hydrogen-bond donors (Lipinski definition) is 2. The van der Waals surface area contributed by atoms with E-state index in [1.807, 2.05) is 18.2 Å². The number of benzene rings is 3. The Labute approximate surface area is 175 Å². The Balaban J connectivity index is 1.81. The van der Waals surface area contributed by atoms with Crippen LogP contribution in [0.1, 0.15) is 38.2 Å². The lowest BCUT2D eigenvalue weighted by Gasteiger charge is -2.23. The van der Waals surface area contributed by atoms with Gasteiger partial charge >= 0.3 is 6.18 Å². The van der Waals surface area contributed by atoms with Gasteiger partial charge in [0.05, 0.1) is 5.56 Å². The van der Waals surface area contributed by atoms with Gasteiger partial charge in [-0.3, -0.25) is 4.79 Å². The van der Waals surface area contributed by atoms with Gasteiger partial charge in [0, 0.05) is 17.7 Å². The molecule has 0 atom stereocenters. The van der Waals surface area contributed by atoms with Gasteiger partial charge < -0.3 is 11.1 Å². The summed E-state index contributed by atoms with van der Waals surface area (Å²) < 4.78 is 55.2. The molecule has 5 rings (SSSR count). The van der Waals surface area contributed by atoms with Crippen molar-refractivity contribution in [2.24, 2.45) is 5.73 Å². The fourth-order valence-electron chi connectivity index (χ4n) is 4.77. The van der Waals surface area contributed by atoms with E-state index in [9.17, 15) is 18.0 Å². The summed E-state index contributed by atoms with van der Waals surface area (Å²) >= 11 is 0. The highest BCUT2D eigenvalue weighted by Crippen LogP contribution is 2.48. The maximum Gasteiger partial charge on any atom is 0.416 e. The highest BCUT2D eigenvalue weighted by molar-refractivity contribution is 6.02. The number of carbonyl (C=O) groups is 1. The second kappa shape index (κ2) is 6.92. The van der Waals surface area contributed by atoms with E-state index in [1.165, 1.54) is 6.07 Å². The van der Waals surface area contributed by atoms with Gasteiger partial charge in [-0.2, -0.15) is 13.2 Å². The van der Waals surface area contributed by atoms with Gasteiger partial charge in [-0.25, -0.2) is 4.39 Å². The van der Waals surface area contributed by atoms with E-state index < -0.39 is 23.5 Å². The number of rotatable bonds is 2. The highest BCUT2D eigenvalue weighted by Gasteiger charge is 2.35. The van der Waals surface area contributed by atoms with Gasteiger partial charge in [0.25, 0.3) is 0 Å². The smallest absolute Gasteiger partial charge is 0.366 e. The number of alkyl halides is 3. The van der Waals surface area contributed by atoms with Crippen LogP contribution in [0.25, 0.3) is 22.3 Å². The molecule has 0 saturated heterocycles. The number of fused-ring (bicyclic) bond motifs is 4. The zero-order chi connectivity index (χ0) is 21.9. The van der Waals surface area contributed by atoms with Crippen molar-refractivity contribution in [3.63, 3.8) is 0 Å². The fourth-order valence-corrected chi connectivity index (χ4v) is 4.77. The Kier molecular flexibility index (Phi) is 4.41. The predicted molar refractivity (Wildman–Crippen MR) is 109 cm³/mol. The van der Waals surface area contributed by atoms with Crippen LogP contribution < -0.4 is 11.1 Å². The third-order valence-electron chi connectivity index (χ3n) is 6.13. The Morgan fingerprint density at radius 3 is 2.52 bits per heavy atom. The summed E-state index contributed by atoms with van der Waals surface area (Å²) in [4.78, 5) is 12.0. The van der Waals surface area contributed by atoms with E-state index in [0.717, 1.165) is 35.9 Å². The molecule has 0 bridgehead atoms. The largest absolute Gasteiger partial charge is 0.416 e. The molecule has 1 aliphatic carbocycles. The summed E-state index contributed by atoms with van der Waals surface area (Å²) in [5, 5.41) is 3.29. The van der Waals surface area contributed by atoms with Crippen LogP contribution in [0.4, 0.5) is 17.6 Å². The van der Waals surface area contributed by atoms with Crippen molar-refractivity contribution in [2.45, 2.75) is 25.6 Å². The minimum atomic E-state index is -4.49. The number of carbonyl (C=O) groups excluding carboxylic acids is 1. The molecule has 0 aromatic heterocycles. The summed E-state index contributed by atoms with van der Waals surface area (Å²) in [6, 6.07) is 10.2. The van der Waals surface area contributed by atoms with Crippen LogP contribution in [0.3, 0.4) is 0 Å². The van der Waals surface area contributed by atoms with Gasteiger partial charge in [-0.1, -0.05) is 24.3 Å². The quantitative estimate of drug-likeness (QED) is 0.451. The molecule has 31 heavy (non-hydrogen) atoms. The Morgan fingerprint density at radius 2 is 1.77 bits per heavy atom. The molecule has 3 N–H and O–H groups in total. The first-order valence-corrected chi connectivity index (χ1v) is 9.93. The van der Waals surface area contributed by atoms with Crippen molar-refractivity contribution in [3.05, 3.63) is 81.7 Å². The first kappa shape index (κ1) is 19.8. The van der Waals surface area contributed by atoms with Crippen LogP contribution in [-0.2, 0) is 25.6 Å². The van der Waals surface area contributed by atoms with Crippen molar-refractivity contribution in [3.8, 4) is 22.3 Å². The molecule has 7 heteroatoms. The number of nitrogens with one attached hydrogen (secondary N) is 1. The molecule has 0 spiro atoms. The summed E-state index contributed by atoms with van der Waals surface area (Å²) in [5.41, 5.74) is 9.67. The van der Waals surface area contributed by atoms with Crippen LogP contribution in [0.5, 0.6) is 0 Å². The molecule has 0 unspecified atom stereocenters. The van der Waals surface area contributed by atoms with Crippen molar-refractivity contribution in [2.75, 3.05) is 6.54 Å². The van der Waals surface area contributed by atoms with Crippen LogP contribution in [0.2, 0.25) is 0 Å². The van der Waals surface area contributed by atoms with E-state index in [4.69, 9.17) is 5.73 Å². The molecule has 0 radical (unpaired) electrons. The van der Waals surface area contributed by atoms with Crippen LogP contribution in [-0.4, -0.2) is 12.5 Å². The molecular weight excluding hydrogens is 408 g/mol. The van der Waals surface area contributed by atoms with Crippen molar-refractivity contribution < 1.29 is 22.4 Å². The van der Waals surface area contributed by atoms with Crippen LogP contribution in [0, 0.1) is 5.82 Å². The molecule has 0 fully saturated rings. The molecular formula is C24H18F4N2O. The number of primary amides is 1. The topological polar surface area (TPSA) is 55.1 Å². The molecule has 1 heterocycles. The van der Waals surface area contributed by atoms with E-state index in [0.29, 0.717) is 46.3 Å². The van der Waals surface area contributed by atoms with E-state index in [-0.39, 0.29) is 12.0 Å². The SMILES string of the molecule is NC(=O)c1cc(F)c(-c2cccc3c2CCNC3)c2c1Cc1cc(C(F)(F)F)ccc1-2. The maximum atomic E-state index is 15.5. The van der Waals surface area contributed by atoms with Crippen molar-refractivity contribution in [1.82, 2.24) is 5.32 Å². The molecule has 1 amide bonds. The van der Waals surface area contributed by atoms with Crippen LogP contribution in [0.15, 0.2) is 42.5 Å². The minimum Gasteiger partial charge on any atom is -0.366 e. The lowest BCUT2D eigenvalue weighted by Crippen LogP contribution is -2.24. The zero-order valence-corrected chi connectivity index (χ0v) is 16.4. The third kappa shape index (κ3) is 3.11. The van der Waals surface area contributed by atoms with Gasteiger partial charge in [-0.05, 0) is 76.5 Å². The Bertz CT molecular complexity index is 1250. The molecule has 1 aliphatic heterocycles. The maximum absolute atomic E-state index is 15.5. The number of hydrogen-bond acceptors (Lipinski definition) is 2. The summed E-state index contributed by atoms with van der Waals surface area (Å²) in [5.74, 6) is -1.41. The monoisotopic (exact) mass is 426 g/mol. The van der Waals surface area contributed by atoms with Crippen molar-refractivity contribution >= 4 is 5.91 Å². The molecule has 0 saturated carbocycles. The molecule has 3 nitrogen and oxygen atoms in total. The lowest BCUT2D eigenvalue weighted by atomic mass is 9.85. The second-order valence-corrected chi connectivity index (χ2v) is 7.92. The first-order valence-electron chi connectivity index (χ1n) is 9.93. The summed E-state index contributed by atoms with van der Waals surface area (Å²) in [6.07, 6.45) is -3.69. The van der Waals surface area contributed by atoms with Crippen molar-refractivity contribution in [1.29, 1.82) is 0 Å². The summed E-state index contributed by atoms with van der Waals surface area (Å²) in [6.45, 7) is 1.41. The third-order valence-corrected chi connectivity index (χ3v) is 6.13. The van der Waals surface area contributed by atoms with Crippen LogP contribution >= 0.6 is 0 Å². The number of halogens is 4. The summed E-state index contributed by atoms with van der Waals surface area (Å²) in [7, 11) is 0.